The number of aromatic nitrogens is 5. The van der Waals surface area contributed by atoms with Gasteiger partial charge in [-0.05, 0) is 30.2 Å². The topological polar surface area (TPSA) is 111 Å². The third kappa shape index (κ3) is 4.48. The molecular weight excluding hydrogens is 487 g/mol. The van der Waals surface area contributed by atoms with Crippen LogP contribution in [0.3, 0.4) is 0 Å². The molecule has 0 fully saturated rings. The van der Waals surface area contributed by atoms with Crippen molar-refractivity contribution in [1.29, 1.82) is 0 Å². The molecule has 36 heavy (non-hydrogen) atoms. The van der Waals surface area contributed by atoms with Gasteiger partial charge in [0.15, 0.2) is 22.8 Å². The second-order valence-corrected chi connectivity index (χ2v) is 8.70. The van der Waals surface area contributed by atoms with E-state index in [2.05, 4.69) is 25.4 Å². The van der Waals surface area contributed by atoms with Gasteiger partial charge in [0.2, 0.25) is 5.89 Å². The molecule has 1 atom stereocenters. The molecule has 3 heterocycles. The van der Waals surface area contributed by atoms with Gasteiger partial charge in [0, 0.05) is 23.3 Å². The fourth-order valence-corrected chi connectivity index (χ4v) is 4.10. The Labute approximate surface area is 210 Å². The summed E-state index contributed by atoms with van der Waals surface area (Å²) < 4.78 is 26.7. The van der Waals surface area contributed by atoms with E-state index in [-0.39, 0.29) is 28.8 Å². The summed E-state index contributed by atoms with van der Waals surface area (Å²) in [6.07, 6.45) is 6.13. The molecule has 0 bridgehead atoms. The number of methoxy groups -OCH3 is 1. The molecule has 0 radical (unpaired) electrons. The minimum atomic E-state index is -1.34. The first-order valence-electron chi connectivity index (χ1n) is 11.0. The van der Waals surface area contributed by atoms with Gasteiger partial charge in [0.1, 0.15) is 18.4 Å². The van der Waals surface area contributed by atoms with Crippen LogP contribution in [-0.2, 0) is 18.7 Å². The van der Waals surface area contributed by atoms with E-state index in [4.69, 9.17) is 20.8 Å². The normalized spacial score (nSPS) is 13.0. The Morgan fingerprint density at radius 2 is 1.97 bits per heavy atom. The molecule has 0 saturated carbocycles. The van der Waals surface area contributed by atoms with Crippen molar-refractivity contribution in [3.05, 3.63) is 94.8 Å². The third-order valence-corrected chi connectivity index (χ3v) is 6.23. The number of fused-ring (bicyclic) bond motifs is 1. The molecule has 0 amide bonds. The molecule has 0 aliphatic carbocycles. The van der Waals surface area contributed by atoms with Crippen molar-refractivity contribution in [2.45, 2.75) is 25.6 Å². The smallest absolute Gasteiger partial charge is 0.230 e. The van der Waals surface area contributed by atoms with E-state index in [1.165, 1.54) is 32.0 Å². The number of aliphatic hydroxyl groups is 1. The molecule has 0 saturated heterocycles. The largest absolute Gasteiger partial charge is 0.494 e. The number of halogens is 2. The van der Waals surface area contributed by atoms with Crippen LogP contribution in [-0.4, -0.2) is 36.9 Å². The molecule has 2 N–H and O–H groups in total. The van der Waals surface area contributed by atoms with Crippen LogP contribution < -0.4 is 10.1 Å². The number of benzene rings is 2. The Balaban J connectivity index is 1.34. The monoisotopic (exact) mass is 508 g/mol. The zero-order valence-electron chi connectivity index (χ0n) is 19.4. The lowest BCUT2D eigenvalue weighted by Crippen LogP contribution is -2.23. The first-order valence-corrected chi connectivity index (χ1v) is 11.4. The molecule has 0 spiro atoms. The zero-order valence-corrected chi connectivity index (χ0v) is 20.2. The van der Waals surface area contributed by atoms with E-state index in [1.54, 1.807) is 17.7 Å². The van der Waals surface area contributed by atoms with Crippen LogP contribution in [0.5, 0.6) is 5.75 Å². The van der Waals surface area contributed by atoms with E-state index >= 15 is 0 Å². The van der Waals surface area contributed by atoms with Gasteiger partial charge in [0.05, 0.1) is 25.2 Å². The number of rotatable bonds is 8. The number of nitrogens with one attached hydrogen (secondary N) is 1. The maximum atomic E-state index is 14.7. The fraction of sp³-hybridized carbons (Fsp3) is 0.200. The number of ether oxygens (including phenoxy) is 1. The summed E-state index contributed by atoms with van der Waals surface area (Å²) in [5, 5.41) is 19.4. The minimum absolute atomic E-state index is 0.102. The zero-order chi connectivity index (χ0) is 25.3. The highest BCUT2D eigenvalue weighted by atomic mass is 35.5. The van der Waals surface area contributed by atoms with Crippen molar-refractivity contribution in [3.8, 4) is 5.75 Å². The highest BCUT2D eigenvalue weighted by molar-refractivity contribution is 6.31. The molecule has 0 aliphatic heterocycles. The van der Waals surface area contributed by atoms with Crippen molar-refractivity contribution in [3.63, 3.8) is 0 Å². The third-order valence-electron chi connectivity index (χ3n) is 5.88. The first-order chi connectivity index (χ1) is 17.4. The lowest BCUT2D eigenvalue weighted by molar-refractivity contribution is 0.0707. The van der Waals surface area contributed by atoms with E-state index < -0.39 is 11.4 Å². The first kappa shape index (κ1) is 23.7. The maximum absolute atomic E-state index is 14.7. The summed E-state index contributed by atoms with van der Waals surface area (Å²) in [4.78, 5) is 12.6. The van der Waals surface area contributed by atoms with Crippen molar-refractivity contribution in [1.82, 2.24) is 24.7 Å². The molecular formula is C25H22ClFN6O3. The van der Waals surface area contributed by atoms with Gasteiger partial charge in [-0.1, -0.05) is 35.9 Å². The second-order valence-electron chi connectivity index (χ2n) is 8.29. The van der Waals surface area contributed by atoms with Crippen LogP contribution in [0, 0.1) is 5.82 Å². The predicted molar refractivity (Wildman–Crippen MR) is 131 cm³/mol. The van der Waals surface area contributed by atoms with Gasteiger partial charge in [-0.3, -0.25) is 4.68 Å². The van der Waals surface area contributed by atoms with E-state index in [0.717, 1.165) is 5.56 Å². The summed E-state index contributed by atoms with van der Waals surface area (Å²) in [7, 11) is 1.40. The van der Waals surface area contributed by atoms with Gasteiger partial charge in [-0.2, -0.15) is 5.10 Å². The summed E-state index contributed by atoms with van der Waals surface area (Å²) in [6.45, 7) is 2.20. The Kier molecular flexibility index (Phi) is 6.29. The van der Waals surface area contributed by atoms with E-state index in [0.29, 0.717) is 29.0 Å². The van der Waals surface area contributed by atoms with Gasteiger partial charge >= 0.3 is 0 Å². The summed E-state index contributed by atoms with van der Waals surface area (Å²) in [6, 6.07) is 10.5. The number of anilines is 1. The Morgan fingerprint density at radius 3 is 2.69 bits per heavy atom. The summed E-state index contributed by atoms with van der Waals surface area (Å²) >= 11 is 6.20. The molecule has 0 aliphatic rings. The van der Waals surface area contributed by atoms with Gasteiger partial charge < -0.3 is 19.6 Å². The fourth-order valence-electron chi connectivity index (χ4n) is 3.88. The molecule has 9 nitrogen and oxygen atoms in total. The van der Waals surface area contributed by atoms with Crippen molar-refractivity contribution in [2.75, 3.05) is 12.4 Å². The lowest BCUT2D eigenvalue weighted by Gasteiger charge is -2.20. The molecule has 1 unspecified atom stereocenters. The van der Waals surface area contributed by atoms with E-state index in [1.807, 2.05) is 30.5 Å². The molecule has 2 aromatic carbocycles. The average molecular weight is 509 g/mol. The standard InChI is InChI=1S/C25H22ClFN6O3/c1-25(34,24-28-9-10-36-24)16-5-3-15(4-6-16)12-33-13-18-22(30-14-31-23(18)32-33)29-11-17-19(26)7-8-20(35-2)21(17)27/h3-10,13-14,34H,11-12H2,1-2H3,(H,29,30,31,32). The van der Waals surface area contributed by atoms with Gasteiger partial charge in [-0.25, -0.2) is 19.3 Å². The average Bonchev–Trinajstić information content (AvgIpc) is 3.55. The number of oxazole rings is 1. The number of hydrogen-bond donors (Lipinski definition) is 2. The predicted octanol–water partition coefficient (Wildman–Crippen LogP) is 4.53. The highest BCUT2D eigenvalue weighted by Crippen LogP contribution is 2.29. The van der Waals surface area contributed by atoms with E-state index in [9.17, 15) is 9.50 Å². The second kappa shape index (κ2) is 9.56. The summed E-state index contributed by atoms with van der Waals surface area (Å²) in [5.74, 6) is 0.317. The SMILES string of the molecule is COc1ccc(Cl)c(CNc2ncnc3nn(Cc4ccc(C(C)(O)c5ncco5)cc4)cc23)c1F. The highest BCUT2D eigenvalue weighted by Gasteiger charge is 2.30. The number of nitrogens with zero attached hydrogens (tertiary/aromatic N) is 5. The Bertz CT molecular complexity index is 1500. The molecule has 11 heteroatoms. The Morgan fingerprint density at radius 1 is 1.17 bits per heavy atom. The van der Waals surface area contributed by atoms with Crippen LogP contribution in [0.15, 0.2) is 65.8 Å². The van der Waals surface area contributed by atoms with Crippen molar-refractivity contribution >= 4 is 28.5 Å². The molecule has 5 aromatic rings. The van der Waals surface area contributed by atoms with Crippen LogP contribution in [0.1, 0.15) is 29.5 Å². The minimum Gasteiger partial charge on any atom is -0.494 e. The van der Waals surface area contributed by atoms with Crippen LogP contribution in [0.2, 0.25) is 5.02 Å². The van der Waals surface area contributed by atoms with Crippen LogP contribution in [0.25, 0.3) is 11.0 Å². The van der Waals surface area contributed by atoms with Crippen LogP contribution >= 0.6 is 11.6 Å². The number of hydrogen-bond acceptors (Lipinski definition) is 8. The quantitative estimate of drug-likeness (QED) is 0.314. The van der Waals surface area contributed by atoms with Crippen molar-refractivity contribution in [2.24, 2.45) is 0 Å². The van der Waals surface area contributed by atoms with Gasteiger partial charge in [0.25, 0.3) is 0 Å². The summed E-state index contributed by atoms with van der Waals surface area (Å²) in [5.41, 5.74) is 1.04. The van der Waals surface area contributed by atoms with Crippen molar-refractivity contribution < 1.29 is 18.7 Å². The molecule has 3 aromatic heterocycles. The molecule has 5 rings (SSSR count). The lowest BCUT2D eigenvalue weighted by atomic mass is 9.95. The Hall–Kier alpha value is -4.02. The van der Waals surface area contributed by atoms with Crippen LogP contribution in [0.4, 0.5) is 10.2 Å². The maximum Gasteiger partial charge on any atom is 0.230 e. The molecule has 184 valence electrons. The van der Waals surface area contributed by atoms with Gasteiger partial charge in [-0.15, -0.1) is 0 Å².